The monoisotopic (exact) mass is 255 g/mol. The molecule has 3 nitrogen and oxygen atoms in total. The molecule has 2 aliphatic carbocycles. The van der Waals surface area contributed by atoms with Crippen molar-refractivity contribution in [1.82, 2.24) is 5.32 Å². The Morgan fingerprint density at radius 2 is 2.17 bits per heavy atom. The largest absolute Gasteiger partial charge is 0.389 e. The summed E-state index contributed by atoms with van der Waals surface area (Å²) < 4.78 is 5.82. The van der Waals surface area contributed by atoms with Crippen molar-refractivity contribution in [2.24, 2.45) is 11.3 Å². The lowest BCUT2D eigenvalue weighted by atomic mass is 9.89. The highest BCUT2D eigenvalue weighted by Gasteiger charge is 2.36. The fraction of sp³-hybridized carbons (Fsp3) is 1.00. The zero-order chi connectivity index (χ0) is 13.0. The standard InChI is InChI=1S/C15H29NO2/c1-12-4-3-5-14(8-12)18-10-13(17)9-16-11-15(2)6-7-15/h12-14,16-17H,3-11H2,1-2H3. The topological polar surface area (TPSA) is 41.5 Å². The van der Waals surface area contributed by atoms with Gasteiger partial charge in [0.25, 0.3) is 0 Å². The molecule has 2 rings (SSSR count). The van der Waals surface area contributed by atoms with Crippen molar-refractivity contribution in [1.29, 1.82) is 0 Å². The van der Waals surface area contributed by atoms with Crippen molar-refractivity contribution in [3.8, 4) is 0 Å². The molecule has 106 valence electrons. The number of aliphatic hydroxyl groups is 1. The Morgan fingerprint density at radius 1 is 1.39 bits per heavy atom. The van der Waals surface area contributed by atoms with Crippen molar-refractivity contribution in [3.63, 3.8) is 0 Å². The van der Waals surface area contributed by atoms with Crippen molar-refractivity contribution in [2.75, 3.05) is 19.7 Å². The summed E-state index contributed by atoms with van der Waals surface area (Å²) in [5, 5.41) is 13.2. The van der Waals surface area contributed by atoms with Crippen molar-refractivity contribution < 1.29 is 9.84 Å². The van der Waals surface area contributed by atoms with Gasteiger partial charge in [-0.2, -0.15) is 0 Å². The minimum Gasteiger partial charge on any atom is -0.389 e. The number of aliphatic hydroxyl groups excluding tert-OH is 1. The summed E-state index contributed by atoms with van der Waals surface area (Å²) in [6.45, 7) is 6.78. The quantitative estimate of drug-likeness (QED) is 0.733. The fourth-order valence-corrected chi connectivity index (χ4v) is 2.77. The van der Waals surface area contributed by atoms with Crippen LogP contribution in [0.25, 0.3) is 0 Å². The van der Waals surface area contributed by atoms with Gasteiger partial charge in [0.1, 0.15) is 0 Å². The molecule has 2 aliphatic rings. The molecule has 0 spiro atoms. The van der Waals surface area contributed by atoms with Gasteiger partial charge in [-0.25, -0.2) is 0 Å². The molecule has 0 amide bonds. The molecular formula is C15H29NO2. The molecule has 3 heteroatoms. The van der Waals surface area contributed by atoms with Gasteiger partial charge >= 0.3 is 0 Å². The van der Waals surface area contributed by atoms with Crippen LogP contribution in [0.1, 0.15) is 52.4 Å². The normalized spacial score (nSPS) is 32.2. The zero-order valence-electron chi connectivity index (χ0n) is 12.0. The van der Waals surface area contributed by atoms with E-state index in [1.807, 2.05) is 0 Å². The molecule has 2 fully saturated rings. The Hall–Kier alpha value is -0.120. The fourth-order valence-electron chi connectivity index (χ4n) is 2.77. The molecule has 2 saturated carbocycles. The summed E-state index contributed by atoms with van der Waals surface area (Å²) in [6.07, 6.45) is 7.62. The van der Waals surface area contributed by atoms with E-state index in [1.165, 1.54) is 32.1 Å². The molecule has 0 radical (unpaired) electrons. The van der Waals surface area contributed by atoms with Gasteiger partial charge in [-0.3, -0.25) is 0 Å². The minimum absolute atomic E-state index is 0.357. The van der Waals surface area contributed by atoms with Crippen LogP contribution in [0.4, 0.5) is 0 Å². The van der Waals surface area contributed by atoms with E-state index in [4.69, 9.17) is 4.74 Å². The van der Waals surface area contributed by atoms with Gasteiger partial charge in [-0.05, 0) is 37.0 Å². The van der Waals surface area contributed by atoms with Crippen LogP contribution < -0.4 is 5.32 Å². The predicted octanol–water partition coefficient (Wildman–Crippen LogP) is 2.33. The predicted molar refractivity (Wildman–Crippen MR) is 73.6 cm³/mol. The van der Waals surface area contributed by atoms with Gasteiger partial charge in [0, 0.05) is 13.1 Å². The summed E-state index contributed by atoms with van der Waals surface area (Å²) in [4.78, 5) is 0. The summed E-state index contributed by atoms with van der Waals surface area (Å²) >= 11 is 0. The third-order valence-corrected chi connectivity index (χ3v) is 4.45. The van der Waals surface area contributed by atoms with Crippen LogP contribution >= 0.6 is 0 Å². The number of nitrogens with one attached hydrogen (secondary N) is 1. The first-order valence-corrected chi connectivity index (χ1v) is 7.58. The smallest absolute Gasteiger partial charge is 0.0897 e. The van der Waals surface area contributed by atoms with E-state index in [0.29, 0.717) is 24.7 Å². The van der Waals surface area contributed by atoms with E-state index < -0.39 is 0 Å². The van der Waals surface area contributed by atoms with E-state index in [1.54, 1.807) is 0 Å². The first-order valence-electron chi connectivity index (χ1n) is 7.58. The Morgan fingerprint density at radius 3 is 2.83 bits per heavy atom. The van der Waals surface area contributed by atoms with Gasteiger partial charge in [0.15, 0.2) is 0 Å². The third kappa shape index (κ3) is 4.87. The molecule has 0 aromatic heterocycles. The lowest BCUT2D eigenvalue weighted by Gasteiger charge is -2.27. The van der Waals surface area contributed by atoms with Gasteiger partial charge in [0.2, 0.25) is 0 Å². The van der Waals surface area contributed by atoms with Gasteiger partial charge in [-0.1, -0.05) is 26.7 Å². The summed E-state index contributed by atoms with van der Waals surface area (Å²) in [5.41, 5.74) is 0.513. The first-order chi connectivity index (χ1) is 8.57. The number of hydrogen-bond acceptors (Lipinski definition) is 3. The van der Waals surface area contributed by atoms with Crippen LogP contribution in [0, 0.1) is 11.3 Å². The van der Waals surface area contributed by atoms with Crippen molar-refractivity contribution in [3.05, 3.63) is 0 Å². The molecule has 0 saturated heterocycles. The SMILES string of the molecule is CC1CCCC(OCC(O)CNCC2(C)CC2)C1. The Kier molecular flexibility index (Phi) is 5.05. The van der Waals surface area contributed by atoms with Crippen LogP contribution in [0.15, 0.2) is 0 Å². The molecule has 3 atom stereocenters. The lowest BCUT2D eigenvalue weighted by molar-refractivity contribution is -0.0307. The molecule has 0 aromatic carbocycles. The number of hydrogen-bond donors (Lipinski definition) is 2. The molecule has 0 heterocycles. The van der Waals surface area contributed by atoms with Gasteiger partial charge in [0.05, 0.1) is 18.8 Å². The van der Waals surface area contributed by atoms with E-state index in [2.05, 4.69) is 19.2 Å². The van der Waals surface area contributed by atoms with E-state index in [9.17, 15) is 5.11 Å². The molecule has 3 unspecified atom stereocenters. The van der Waals surface area contributed by atoms with Crippen LogP contribution in [0.3, 0.4) is 0 Å². The number of ether oxygens (including phenoxy) is 1. The minimum atomic E-state index is -0.357. The average Bonchev–Trinajstić information content (AvgIpc) is 3.05. The average molecular weight is 255 g/mol. The van der Waals surface area contributed by atoms with E-state index >= 15 is 0 Å². The van der Waals surface area contributed by atoms with Crippen LogP contribution in [0.5, 0.6) is 0 Å². The Bertz CT molecular complexity index is 253. The van der Waals surface area contributed by atoms with Crippen molar-refractivity contribution in [2.45, 2.75) is 64.6 Å². The second kappa shape index (κ2) is 6.36. The van der Waals surface area contributed by atoms with Crippen LogP contribution in [-0.2, 0) is 4.74 Å². The zero-order valence-corrected chi connectivity index (χ0v) is 12.0. The van der Waals surface area contributed by atoms with Crippen LogP contribution in [-0.4, -0.2) is 37.0 Å². The Balaban J connectivity index is 1.52. The van der Waals surface area contributed by atoms with E-state index in [-0.39, 0.29) is 6.10 Å². The highest BCUT2D eigenvalue weighted by molar-refractivity contribution is 4.90. The van der Waals surface area contributed by atoms with Gasteiger partial charge < -0.3 is 15.2 Å². The maximum Gasteiger partial charge on any atom is 0.0897 e. The third-order valence-electron chi connectivity index (χ3n) is 4.45. The van der Waals surface area contributed by atoms with Crippen LogP contribution in [0.2, 0.25) is 0 Å². The van der Waals surface area contributed by atoms with Crippen molar-refractivity contribution >= 4 is 0 Å². The lowest BCUT2D eigenvalue weighted by Crippen LogP contribution is -2.35. The summed E-state index contributed by atoms with van der Waals surface area (Å²) in [6, 6.07) is 0. The molecule has 0 aromatic rings. The summed E-state index contributed by atoms with van der Waals surface area (Å²) in [7, 11) is 0. The first kappa shape index (κ1) is 14.3. The molecular weight excluding hydrogens is 226 g/mol. The highest BCUT2D eigenvalue weighted by Crippen LogP contribution is 2.43. The summed E-state index contributed by atoms with van der Waals surface area (Å²) in [5.74, 6) is 0.786. The second-order valence-electron chi connectivity index (χ2n) is 6.82. The Labute approximate surface area is 111 Å². The van der Waals surface area contributed by atoms with E-state index in [0.717, 1.165) is 18.9 Å². The molecule has 0 aliphatic heterocycles. The van der Waals surface area contributed by atoms with Gasteiger partial charge in [-0.15, -0.1) is 0 Å². The molecule has 2 N–H and O–H groups in total. The maximum absolute atomic E-state index is 9.88. The highest BCUT2D eigenvalue weighted by atomic mass is 16.5. The molecule has 0 bridgehead atoms. The second-order valence-corrected chi connectivity index (χ2v) is 6.82. The molecule has 18 heavy (non-hydrogen) atoms. The number of rotatable bonds is 7. The maximum atomic E-state index is 9.88.